The van der Waals surface area contributed by atoms with Crippen molar-refractivity contribution in [3.63, 3.8) is 0 Å². The number of carbonyl (C=O) groups is 1. The van der Waals surface area contributed by atoms with Crippen LogP contribution in [-0.4, -0.2) is 12.4 Å². The van der Waals surface area contributed by atoms with Crippen molar-refractivity contribution in [2.24, 2.45) is 0 Å². The summed E-state index contributed by atoms with van der Waals surface area (Å²) in [5.41, 5.74) is 1.98. The topological polar surface area (TPSA) is 56.5 Å². The lowest BCUT2D eigenvalue weighted by atomic mass is 10.0. The first-order chi connectivity index (χ1) is 11.0. The molecule has 0 aliphatic heterocycles. The number of rotatable bonds is 8. The van der Waals surface area contributed by atoms with Crippen LogP contribution < -0.4 is 10.4 Å². The van der Waals surface area contributed by atoms with Gasteiger partial charge in [-0.3, -0.25) is 4.79 Å². The molecule has 23 heavy (non-hydrogen) atoms. The van der Waals surface area contributed by atoms with Crippen LogP contribution in [0, 0.1) is 6.92 Å². The summed E-state index contributed by atoms with van der Waals surface area (Å²) in [4.78, 5) is 23.2. The molecule has 2 rings (SSSR count). The second-order valence-corrected chi connectivity index (χ2v) is 5.95. The highest BCUT2D eigenvalue weighted by molar-refractivity contribution is 5.82. The summed E-state index contributed by atoms with van der Waals surface area (Å²) in [5, 5.41) is 0.922. The van der Waals surface area contributed by atoms with E-state index in [1.165, 1.54) is 19.8 Å². The van der Waals surface area contributed by atoms with Gasteiger partial charge in [0, 0.05) is 17.0 Å². The summed E-state index contributed by atoms with van der Waals surface area (Å²) < 4.78 is 10.8. The number of carbonyl (C=O) groups excluding carboxylic acids is 1. The molecular formula is C19H24O4. The molecular weight excluding hydrogens is 292 g/mol. The number of ether oxygens (including phenoxy) is 1. The Labute approximate surface area is 136 Å². The minimum Gasteiger partial charge on any atom is -0.486 e. The van der Waals surface area contributed by atoms with Gasteiger partial charge in [-0.05, 0) is 44.4 Å². The molecule has 0 N–H and O–H groups in total. The molecule has 4 nitrogen and oxygen atoms in total. The SMILES string of the molecule is CCCCCCc1c(C)c2ccc(OCC(C)=O)cc2oc1=O. The molecule has 1 aromatic carbocycles. The van der Waals surface area contributed by atoms with Crippen molar-refractivity contribution in [1.29, 1.82) is 0 Å². The van der Waals surface area contributed by atoms with Crippen LogP contribution in [0.3, 0.4) is 0 Å². The predicted molar refractivity (Wildman–Crippen MR) is 91.2 cm³/mol. The molecule has 0 saturated heterocycles. The number of unbranched alkanes of at least 4 members (excludes halogenated alkanes) is 3. The third-order valence-electron chi connectivity index (χ3n) is 3.98. The maximum absolute atomic E-state index is 12.2. The second-order valence-electron chi connectivity index (χ2n) is 5.95. The third-order valence-corrected chi connectivity index (χ3v) is 3.98. The van der Waals surface area contributed by atoms with Crippen LogP contribution in [0.5, 0.6) is 5.75 Å². The summed E-state index contributed by atoms with van der Waals surface area (Å²) in [5.74, 6) is 0.483. The maximum atomic E-state index is 12.2. The normalized spacial score (nSPS) is 10.9. The molecule has 0 amide bonds. The molecule has 0 radical (unpaired) electrons. The van der Waals surface area contributed by atoms with E-state index >= 15 is 0 Å². The van der Waals surface area contributed by atoms with Crippen LogP contribution in [0.15, 0.2) is 27.4 Å². The fourth-order valence-corrected chi connectivity index (χ4v) is 2.67. The fraction of sp³-hybridized carbons (Fsp3) is 0.474. The lowest BCUT2D eigenvalue weighted by molar-refractivity contribution is -0.118. The largest absolute Gasteiger partial charge is 0.486 e. The summed E-state index contributed by atoms with van der Waals surface area (Å²) >= 11 is 0. The van der Waals surface area contributed by atoms with Crippen LogP contribution in [0.2, 0.25) is 0 Å². The van der Waals surface area contributed by atoms with Gasteiger partial charge in [-0.25, -0.2) is 4.79 Å². The van der Waals surface area contributed by atoms with Crippen molar-refractivity contribution in [3.05, 3.63) is 39.7 Å². The van der Waals surface area contributed by atoms with Gasteiger partial charge in [0.2, 0.25) is 0 Å². The lowest BCUT2D eigenvalue weighted by Crippen LogP contribution is -2.11. The molecule has 0 atom stereocenters. The van der Waals surface area contributed by atoms with Gasteiger partial charge in [-0.15, -0.1) is 0 Å². The number of hydrogen-bond acceptors (Lipinski definition) is 4. The van der Waals surface area contributed by atoms with Crippen molar-refractivity contribution < 1.29 is 13.9 Å². The summed E-state index contributed by atoms with van der Waals surface area (Å²) in [6, 6.07) is 5.37. The van der Waals surface area contributed by atoms with Gasteiger partial charge in [0.15, 0.2) is 5.78 Å². The molecule has 0 aliphatic carbocycles. The first-order valence-corrected chi connectivity index (χ1v) is 8.21. The number of benzene rings is 1. The molecule has 0 unspecified atom stereocenters. The Balaban J connectivity index is 2.26. The molecule has 0 spiro atoms. The van der Waals surface area contributed by atoms with Gasteiger partial charge in [-0.1, -0.05) is 26.2 Å². The Morgan fingerprint density at radius 3 is 2.70 bits per heavy atom. The first kappa shape index (κ1) is 17.3. The number of aryl methyl sites for hydroxylation is 1. The zero-order valence-electron chi connectivity index (χ0n) is 14.1. The Bertz CT molecular complexity index is 743. The molecule has 1 heterocycles. The van der Waals surface area contributed by atoms with Crippen LogP contribution in [0.4, 0.5) is 0 Å². The summed E-state index contributed by atoms with van der Waals surface area (Å²) in [6.07, 6.45) is 5.26. The average Bonchev–Trinajstić information content (AvgIpc) is 2.51. The van der Waals surface area contributed by atoms with E-state index in [9.17, 15) is 9.59 Å². The van der Waals surface area contributed by atoms with Crippen molar-refractivity contribution >= 4 is 16.8 Å². The first-order valence-electron chi connectivity index (χ1n) is 8.21. The Kier molecular flexibility index (Phi) is 5.97. The standard InChI is InChI=1S/C19H24O4/c1-4-5-6-7-8-17-14(3)16-10-9-15(22-12-13(2)20)11-18(16)23-19(17)21/h9-11H,4-8,12H2,1-3H3. The van der Waals surface area contributed by atoms with E-state index in [1.807, 2.05) is 13.0 Å². The monoisotopic (exact) mass is 316 g/mol. The quantitative estimate of drug-likeness (QED) is 0.541. The van der Waals surface area contributed by atoms with Crippen LogP contribution in [0.1, 0.15) is 50.7 Å². The second kappa shape index (κ2) is 7.95. The highest BCUT2D eigenvalue weighted by Gasteiger charge is 2.12. The van der Waals surface area contributed by atoms with Gasteiger partial charge in [0.1, 0.15) is 17.9 Å². The molecule has 0 saturated carbocycles. The highest BCUT2D eigenvalue weighted by atomic mass is 16.5. The summed E-state index contributed by atoms with van der Waals surface area (Å²) in [6.45, 7) is 5.62. The van der Waals surface area contributed by atoms with Crippen molar-refractivity contribution in [2.45, 2.75) is 52.9 Å². The molecule has 0 aliphatic rings. The van der Waals surface area contributed by atoms with E-state index in [-0.39, 0.29) is 18.0 Å². The van der Waals surface area contributed by atoms with E-state index < -0.39 is 0 Å². The van der Waals surface area contributed by atoms with E-state index in [4.69, 9.17) is 9.15 Å². The van der Waals surface area contributed by atoms with Crippen LogP contribution >= 0.6 is 0 Å². The number of Topliss-reactive ketones (excluding diaryl/α,β-unsaturated/α-hetero) is 1. The maximum Gasteiger partial charge on any atom is 0.339 e. The van der Waals surface area contributed by atoms with Crippen molar-refractivity contribution in [2.75, 3.05) is 6.61 Å². The van der Waals surface area contributed by atoms with Gasteiger partial charge in [-0.2, -0.15) is 0 Å². The van der Waals surface area contributed by atoms with Gasteiger partial charge in [0.25, 0.3) is 0 Å². The molecule has 1 aromatic heterocycles. The van der Waals surface area contributed by atoms with E-state index in [0.717, 1.165) is 35.8 Å². The highest BCUT2D eigenvalue weighted by Crippen LogP contribution is 2.25. The van der Waals surface area contributed by atoms with E-state index in [1.54, 1.807) is 12.1 Å². The third kappa shape index (κ3) is 4.44. The number of fused-ring (bicyclic) bond motifs is 1. The predicted octanol–water partition coefficient (Wildman–Crippen LogP) is 4.19. The van der Waals surface area contributed by atoms with Gasteiger partial charge in [0.05, 0.1) is 0 Å². The lowest BCUT2D eigenvalue weighted by Gasteiger charge is -2.09. The minimum absolute atomic E-state index is 0.0181. The summed E-state index contributed by atoms with van der Waals surface area (Å²) in [7, 11) is 0. The van der Waals surface area contributed by atoms with E-state index in [2.05, 4.69) is 6.92 Å². The molecule has 124 valence electrons. The zero-order chi connectivity index (χ0) is 16.8. The Morgan fingerprint density at radius 2 is 2.00 bits per heavy atom. The number of hydrogen-bond donors (Lipinski definition) is 0. The van der Waals surface area contributed by atoms with E-state index in [0.29, 0.717) is 11.3 Å². The molecule has 4 heteroatoms. The van der Waals surface area contributed by atoms with Gasteiger partial charge >= 0.3 is 5.63 Å². The Hall–Kier alpha value is -2.10. The zero-order valence-corrected chi connectivity index (χ0v) is 14.1. The minimum atomic E-state index is -0.268. The van der Waals surface area contributed by atoms with Gasteiger partial charge < -0.3 is 9.15 Å². The van der Waals surface area contributed by atoms with Crippen molar-refractivity contribution in [1.82, 2.24) is 0 Å². The molecule has 2 aromatic rings. The smallest absolute Gasteiger partial charge is 0.339 e. The molecule has 0 fully saturated rings. The number of ketones is 1. The molecule has 0 bridgehead atoms. The fourth-order valence-electron chi connectivity index (χ4n) is 2.67. The van der Waals surface area contributed by atoms with Crippen LogP contribution in [0.25, 0.3) is 11.0 Å². The average molecular weight is 316 g/mol. The van der Waals surface area contributed by atoms with Crippen LogP contribution in [-0.2, 0) is 11.2 Å². The van der Waals surface area contributed by atoms with Crippen molar-refractivity contribution in [3.8, 4) is 5.75 Å². The Morgan fingerprint density at radius 1 is 1.22 bits per heavy atom.